The van der Waals surface area contributed by atoms with Gasteiger partial charge in [0.1, 0.15) is 0 Å². The Hall–Kier alpha value is 0.266. The van der Waals surface area contributed by atoms with E-state index in [0.717, 1.165) is 11.3 Å². The first kappa shape index (κ1) is 14.8. The molecule has 3 heteroatoms. The molecule has 1 nitrogen and oxygen atoms in total. The van der Waals surface area contributed by atoms with Gasteiger partial charge in [-0.1, -0.05) is 6.92 Å². The minimum atomic E-state index is 0. The topological polar surface area (TPSA) is 9.23 Å². The van der Waals surface area contributed by atoms with Crippen molar-refractivity contribution < 1.29 is 21.7 Å². The van der Waals surface area contributed by atoms with Crippen molar-refractivity contribution in [1.82, 2.24) is 0 Å². The zero-order valence-corrected chi connectivity index (χ0v) is 10.4. The van der Waals surface area contributed by atoms with Crippen LogP contribution >= 0.6 is 0 Å². The predicted octanol–water partition coefficient (Wildman–Crippen LogP) is -1.18. The SMILES string of the molecule is CCOc1[c-]cccc1C.[Br-].[Mg+2]. The van der Waals surface area contributed by atoms with E-state index in [9.17, 15) is 0 Å². The Morgan fingerprint density at radius 2 is 2.17 bits per heavy atom. The first-order valence-corrected chi connectivity index (χ1v) is 3.44. The van der Waals surface area contributed by atoms with E-state index in [1.54, 1.807) is 0 Å². The summed E-state index contributed by atoms with van der Waals surface area (Å²) in [6.07, 6.45) is 0. The van der Waals surface area contributed by atoms with Crippen molar-refractivity contribution >= 4 is 23.1 Å². The summed E-state index contributed by atoms with van der Waals surface area (Å²) in [4.78, 5) is 0. The Kier molecular flexibility index (Phi) is 9.72. The van der Waals surface area contributed by atoms with E-state index in [1.807, 2.05) is 32.0 Å². The van der Waals surface area contributed by atoms with Gasteiger partial charge in [0.25, 0.3) is 0 Å². The average molecular weight is 239 g/mol. The molecule has 0 aromatic heterocycles. The molecular formula is C9H11BrMgO. The average Bonchev–Trinajstić information content (AvgIpc) is 1.94. The second-order valence-corrected chi connectivity index (χ2v) is 2.12. The van der Waals surface area contributed by atoms with E-state index in [2.05, 4.69) is 6.07 Å². The molecule has 0 spiro atoms. The number of para-hydroxylation sites is 1. The van der Waals surface area contributed by atoms with Gasteiger partial charge in [0, 0.05) is 5.75 Å². The van der Waals surface area contributed by atoms with E-state index >= 15 is 0 Å². The molecule has 0 saturated carbocycles. The van der Waals surface area contributed by atoms with Crippen molar-refractivity contribution in [1.29, 1.82) is 0 Å². The molecule has 1 rings (SSSR count). The fraction of sp³-hybridized carbons (Fsp3) is 0.333. The number of ether oxygens (including phenoxy) is 1. The molecule has 0 fully saturated rings. The van der Waals surface area contributed by atoms with Crippen LogP contribution in [-0.2, 0) is 0 Å². The van der Waals surface area contributed by atoms with Crippen LogP contribution in [-0.4, -0.2) is 29.7 Å². The second-order valence-electron chi connectivity index (χ2n) is 2.12. The monoisotopic (exact) mass is 238 g/mol. The summed E-state index contributed by atoms with van der Waals surface area (Å²) >= 11 is 0. The molecule has 0 aliphatic heterocycles. The minimum absolute atomic E-state index is 0. The molecule has 12 heavy (non-hydrogen) atoms. The van der Waals surface area contributed by atoms with Gasteiger partial charge < -0.3 is 21.7 Å². The van der Waals surface area contributed by atoms with E-state index in [1.165, 1.54) is 0 Å². The Labute approximate surface area is 100 Å². The van der Waals surface area contributed by atoms with Crippen LogP contribution in [0.4, 0.5) is 0 Å². The molecule has 0 aliphatic rings. The Morgan fingerprint density at radius 3 is 2.67 bits per heavy atom. The number of aryl methyl sites for hydroxylation is 1. The van der Waals surface area contributed by atoms with Crippen molar-refractivity contribution in [2.45, 2.75) is 13.8 Å². The third-order valence-corrected chi connectivity index (χ3v) is 1.30. The third kappa shape index (κ3) is 4.33. The van der Waals surface area contributed by atoms with Crippen molar-refractivity contribution in [2.24, 2.45) is 0 Å². The normalized spacial score (nSPS) is 7.83. The number of halogens is 1. The Balaban J connectivity index is 0. The smallest absolute Gasteiger partial charge is 1.00 e. The van der Waals surface area contributed by atoms with Crippen LogP contribution in [0.2, 0.25) is 0 Å². The molecule has 0 N–H and O–H groups in total. The van der Waals surface area contributed by atoms with Crippen LogP contribution in [0.25, 0.3) is 0 Å². The standard InChI is InChI=1S/C9H11O.BrH.Mg/c1-3-10-9-7-5-4-6-8(9)2;;/h4-6H,3H2,1-2H3;1H;/q-1;;+2/p-1. The fourth-order valence-corrected chi connectivity index (χ4v) is 0.806. The summed E-state index contributed by atoms with van der Waals surface area (Å²) < 4.78 is 5.28. The van der Waals surface area contributed by atoms with E-state index in [-0.39, 0.29) is 40.0 Å². The molecule has 0 amide bonds. The van der Waals surface area contributed by atoms with Crippen LogP contribution < -0.4 is 21.7 Å². The van der Waals surface area contributed by atoms with Gasteiger partial charge in [-0.15, -0.1) is 11.6 Å². The van der Waals surface area contributed by atoms with Crippen LogP contribution in [0, 0.1) is 13.0 Å². The van der Waals surface area contributed by atoms with Crippen molar-refractivity contribution in [3.8, 4) is 5.75 Å². The van der Waals surface area contributed by atoms with Gasteiger partial charge in [-0.2, -0.15) is 18.2 Å². The molecule has 1 aromatic rings. The molecule has 0 aliphatic carbocycles. The zero-order chi connectivity index (χ0) is 7.40. The maximum atomic E-state index is 5.28. The fourth-order valence-electron chi connectivity index (χ4n) is 0.806. The van der Waals surface area contributed by atoms with Gasteiger partial charge in [-0.05, 0) is 6.92 Å². The number of rotatable bonds is 2. The van der Waals surface area contributed by atoms with Crippen LogP contribution in [0.5, 0.6) is 5.75 Å². The van der Waals surface area contributed by atoms with Crippen molar-refractivity contribution in [3.05, 3.63) is 29.8 Å². The molecule has 0 unspecified atom stereocenters. The molecule has 0 radical (unpaired) electrons. The molecule has 0 atom stereocenters. The number of hydrogen-bond donors (Lipinski definition) is 0. The van der Waals surface area contributed by atoms with Crippen molar-refractivity contribution in [3.63, 3.8) is 0 Å². The summed E-state index contributed by atoms with van der Waals surface area (Å²) in [5, 5.41) is 0. The summed E-state index contributed by atoms with van der Waals surface area (Å²) in [6, 6.07) is 8.85. The summed E-state index contributed by atoms with van der Waals surface area (Å²) in [6.45, 7) is 4.70. The summed E-state index contributed by atoms with van der Waals surface area (Å²) in [5.41, 5.74) is 1.14. The zero-order valence-electron chi connectivity index (χ0n) is 7.43. The molecule has 62 valence electrons. The van der Waals surface area contributed by atoms with Crippen LogP contribution in [0.15, 0.2) is 18.2 Å². The molecule has 0 heterocycles. The van der Waals surface area contributed by atoms with Crippen LogP contribution in [0.3, 0.4) is 0 Å². The van der Waals surface area contributed by atoms with Gasteiger partial charge in [-0.3, -0.25) is 0 Å². The number of hydrogen-bond acceptors (Lipinski definition) is 1. The first-order valence-electron chi connectivity index (χ1n) is 3.44. The first-order chi connectivity index (χ1) is 4.84. The van der Waals surface area contributed by atoms with Gasteiger partial charge in [0.05, 0.1) is 6.61 Å². The van der Waals surface area contributed by atoms with Gasteiger partial charge >= 0.3 is 23.1 Å². The quantitative estimate of drug-likeness (QED) is 0.466. The molecule has 0 saturated heterocycles. The molecule has 1 aromatic carbocycles. The summed E-state index contributed by atoms with van der Waals surface area (Å²) in [5.74, 6) is 0.866. The minimum Gasteiger partial charge on any atom is -1.00 e. The van der Waals surface area contributed by atoms with Crippen LogP contribution in [0.1, 0.15) is 12.5 Å². The summed E-state index contributed by atoms with van der Waals surface area (Å²) in [7, 11) is 0. The largest absolute Gasteiger partial charge is 2.00 e. The Bertz CT molecular complexity index is 215. The van der Waals surface area contributed by atoms with Gasteiger partial charge in [0.15, 0.2) is 0 Å². The maximum Gasteiger partial charge on any atom is 2.00 e. The van der Waals surface area contributed by atoms with E-state index < -0.39 is 0 Å². The van der Waals surface area contributed by atoms with Gasteiger partial charge in [-0.25, -0.2) is 0 Å². The van der Waals surface area contributed by atoms with Gasteiger partial charge in [0.2, 0.25) is 0 Å². The molecule has 0 bridgehead atoms. The van der Waals surface area contributed by atoms with E-state index in [4.69, 9.17) is 4.74 Å². The second kappa shape index (κ2) is 7.89. The maximum absolute atomic E-state index is 5.28. The van der Waals surface area contributed by atoms with Crippen molar-refractivity contribution in [2.75, 3.05) is 6.61 Å². The predicted molar refractivity (Wildman–Crippen MR) is 46.9 cm³/mol. The molecular weight excluding hydrogens is 228 g/mol. The third-order valence-electron chi connectivity index (χ3n) is 1.30. The number of benzene rings is 1. The Morgan fingerprint density at radius 1 is 1.50 bits per heavy atom. The van der Waals surface area contributed by atoms with E-state index in [0.29, 0.717) is 6.61 Å².